The second-order valence-corrected chi connectivity index (χ2v) is 13.2. The lowest BCUT2D eigenvalue weighted by molar-refractivity contribution is -0.138. The van der Waals surface area contributed by atoms with Gasteiger partial charge in [0.2, 0.25) is 0 Å². The molecule has 0 saturated carbocycles. The lowest BCUT2D eigenvalue weighted by Crippen LogP contribution is -2.10. The largest absolute Gasteiger partial charge is 0.462 e. The molecule has 0 saturated heterocycles. The van der Waals surface area contributed by atoms with E-state index in [9.17, 15) is 26.4 Å². The van der Waals surface area contributed by atoms with Crippen molar-refractivity contribution in [3.8, 4) is 23.6 Å². The van der Waals surface area contributed by atoms with Gasteiger partial charge in [-0.2, -0.15) is 27.4 Å². The first-order valence-electron chi connectivity index (χ1n) is 15.1. The van der Waals surface area contributed by atoms with Gasteiger partial charge >= 0.3 is 32.2 Å². The van der Waals surface area contributed by atoms with Crippen LogP contribution in [0.1, 0.15) is 30.5 Å². The summed E-state index contributed by atoms with van der Waals surface area (Å²) in [7, 11) is -8.02. The zero-order valence-electron chi connectivity index (χ0n) is 27.7. The summed E-state index contributed by atoms with van der Waals surface area (Å²) in [6, 6.07) is 29.6. The number of nitriles is 2. The van der Waals surface area contributed by atoms with Crippen LogP contribution in [0.3, 0.4) is 0 Å². The third-order valence-corrected chi connectivity index (χ3v) is 8.85. The van der Waals surface area contributed by atoms with E-state index >= 15 is 0 Å². The molecule has 12 nitrogen and oxygen atoms in total. The van der Waals surface area contributed by atoms with Crippen molar-refractivity contribution in [2.24, 2.45) is 0 Å². The molecule has 0 aromatic heterocycles. The zero-order valence-corrected chi connectivity index (χ0v) is 29.3. The number of carbonyl (C=O) groups excluding carboxylic acids is 2. The molecule has 0 heterocycles. The third-order valence-electron chi connectivity index (χ3n) is 6.35. The van der Waals surface area contributed by atoms with Gasteiger partial charge in [0.15, 0.2) is 0 Å². The Morgan fingerprint density at radius 1 is 0.608 bits per heavy atom. The van der Waals surface area contributed by atoms with Crippen LogP contribution in [0.5, 0.6) is 11.5 Å². The van der Waals surface area contributed by atoms with Crippen LogP contribution in [-0.2, 0) is 39.3 Å². The lowest BCUT2D eigenvalue weighted by Gasteiger charge is -2.07. The topological polar surface area (TPSA) is 187 Å². The van der Waals surface area contributed by atoms with Crippen LogP contribution >= 0.6 is 0 Å². The SMILES string of the molecule is CCOC(=O)/C(C#N)=C/c1ccc(S(=O)(=O)Oc2ccc(C)cc2)cc1.CCOC(=O)/C(C#N)=C\c1cccc(S(=O)(=O)Oc2ccccc2)c1. The van der Waals surface area contributed by atoms with Crippen molar-refractivity contribution in [2.75, 3.05) is 13.2 Å². The van der Waals surface area contributed by atoms with E-state index in [1.807, 2.05) is 6.92 Å². The van der Waals surface area contributed by atoms with Gasteiger partial charge in [0.05, 0.1) is 13.2 Å². The molecule has 0 unspecified atom stereocenters. The fraction of sp³-hybridized carbons (Fsp3) is 0.135. The molecule has 4 aromatic carbocycles. The number of para-hydroxylation sites is 1. The van der Waals surface area contributed by atoms with E-state index in [1.165, 1.54) is 66.7 Å². The predicted molar refractivity (Wildman–Crippen MR) is 187 cm³/mol. The molecule has 262 valence electrons. The summed E-state index contributed by atoms with van der Waals surface area (Å²) < 4.78 is 69.0. The van der Waals surface area contributed by atoms with E-state index in [2.05, 4.69) is 0 Å². The van der Waals surface area contributed by atoms with Gasteiger partial charge in [-0.3, -0.25) is 0 Å². The van der Waals surface area contributed by atoms with Crippen molar-refractivity contribution in [1.82, 2.24) is 0 Å². The molecule has 0 fully saturated rings. The maximum absolute atomic E-state index is 12.3. The van der Waals surface area contributed by atoms with Crippen LogP contribution in [0.2, 0.25) is 0 Å². The normalized spacial score (nSPS) is 11.5. The molecule has 0 spiro atoms. The fourth-order valence-electron chi connectivity index (χ4n) is 3.93. The highest BCUT2D eigenvalue weighted by atomic mass is 32.2. The Balaban J connectivity index is 0.000000276. The highest BCUT2D eigenvalue weighted by Gasteiger charge is 2.19. The van der Waals surface area contributed by atoms with Crippen molar-refractivity contribution in [3.63, 3.8) is 0 Å². The number of esters is 2. The number of ether oxygens (including phenoxy) is 2. The predicted octanol–water partition coefficient (Wildman–Crippen LogP) is 6.16. The van der Waals surface area contributed by atoms with Crippen molar-refractivity contribution in [1.29, 1.82) is 10.5 Å². The number of benzene rings is 4. The van der Waals surface area contributed by atoms with E-state index in [1.54, 1.807) is 74.5 Å². The molecule has 51 heavy (non-hydrogen) atoms. The van der Waals surface area contributed by atoms with Crippen LogP contribution in [0.25, 0.3) is 12.2 Å². The van der Waals surface area contributed by atoms with Crippen LogP contribution in [0.15, 0.2) is 124 Å². The molecular formula is C37H32N2O10S2. The second kappa shape index (κ2) is 18.5. The van der Waals surface area contributed by atoms with Gasteiger partial charge in [-0.1, -0.05) is 60.2 Å². The first-order chi connectivity index (χ1) is 24.3. The van der Waals surface area contributed by atoms with Gasteiger partial charge in [0.25, 0.3) is 0 Å². The van der Waals surface area contributed by atoms with Crippen LogP contribution in [-0.4, -0.2) is 42.0 Å². The first-order valence-corrected chi connectivity index (χ1v) is 17.9. The Bertz CT molecular complexity index is 2200. The van der Waals surface area contributed by atoms with Crippen molar-refractivity contribution < 1.29 is 44.3 Å². The number of rotatable bonds is 12. The lowest BCUT2D eigenvalue weighted by atomic mass is 10.1. The minimum Gasteiger partial charge on any atom is -0.462 e. The molecule has 4 aromatic rings. The van der Waals surface area contributed by atoms with Crippen molar-refractivity contribution in [3.05, 3.63) is 131 Å². The monoisotopic (exact) mass is 728 g/mol. The van der Waals surface area contributed by atoms with Gasteiger partial charge in [-0.05, 0) is 92.6 Å². The molecule has 0 amide bonds. The van der Waals surface area contributed by atoms with Gasteiger partial charge < -0.3 is 17.8 Å². The summed E-state index contributed by atoms with van der Waals surface area (Å²) in [6.07, 6.45) is 2.59. The fourth-order valence-corrected chi connectivity index (χ4v) is 5.85. The van der Waals surface area contributed by atoms with Crippen molar-refractivity contribution in [2.45, 2.75) is 30.6 Å². The van der Waals surface area contributed by atoms with E-state index in [-0.39, 0.29) is 45.6 Å². The van der Waals surface area contributed by atoms with Gasteiger partial charge in [0, 0.05) is 0 Å². The summed E-state index contributed by atoms with van der Waals surface area (Å²) >= 11 is 0. The summed E-state index contributed by atoms with van der Waals surface area (Å²) in [4.78, 5) is 23.1. The average Bonchev–Trinajstić information content (AvgIpc) is 3.11. The highest BCUT2D eigenvalue weighted by Crippen LogP contribution is 2.22. The standard InChI is InChI=1S/C19H17NO5S.C18H15NO5S/c1-3-24-19(21)16(13-20)12-15-6-10-18(11-7-15)26(22,23)25-17-8-4-14(2)5-9-17;1-2-23-18(20)15(13-19)11-14-7-6-10-17(12-14)25(21,22)24-16-8-4-3-5-9-16/h4-12H,3H2,1-2H3;3-12H,2H2,1H3/b16-12+;15-11-. The van der Waals surface area contributed by atoms with Crippen molar-refractivity contribution >= 4 is 44.3 Å². The molecule has 0 N–H and O–H groups in total. The molecule has 14 heteroatoms. The van der Waals surface area contributed by atoms with E-state index in [4.69, 9.17) is 28.4 Å². The maximum Gasteiger partial charge on any atom is 0.348 e. The summed E-state index contributed by atoms with van der Waals surface area (Å²) in [5.41, 5.74) is 1.45. The second-order valence-electron chi connectivity index (χ2n) is 10.1. The van der Waals surface area contributed by atoms with Gasteiger partial charge in [-0.15, -0.1) is 0 Å². The molecular weight excluding hydrogens is 697 g/mol. The number of nitrogens with zero attached hydrogens (tertiary/aromatic N) is 2. The Kier molecular flexibility index (Phi) is 14.2. The molecule has 0 aliphatic carbocycles. The molecule has 0 atom stereocenters. The number of aryl methyl sites for hydroxylation is 1. The van der Waals surface area contributed by atoms with Gasteiger partial charge in [-0.25, -0.2) is 9.59 Å². The molecule has 0 radical (unpaired) electrons. The minimum absolute atomic E-state index is 0.0372. The average molecular weight is 729 g/mol. The van der Waals surface area contributed by atoms with E-state index in [0.29, 0.717) is 11.1 Å². The summed E-state index contributed by atoms with van der Waals surface area (Å²) in [6.45, 7) is 5.44. The Morgan fingerprint density at radius 2 is 1.10 bits per heavy atom. The van der Waals surface area contributed by atoms with Crippen LogP contribution in [0, 0.1) is 29.6 Å². The molecule has 0 aliphatic rings. The zero-order chi connectivity index (χ0) is 37.4. The Labute approximate surface area is 296 Å². The Morgan fingerprint density at radius 3 is 1.61 bits per heavy atom. The number of hydrogen-bond acceptors (Lipinski definition) is 12. The Hall–Kier alpha value is -6.22. The molecule has 0 bridgehead atoms. The summed E-state index contributed by atoms with van der Waals surface area (Å²) in [5.74, 6) is -1.09. The van der Waals surface area contributed by atoms with E-state index < -0.39 is 32.2 Å². The maximum atomic E-state index is 12.3. The van der Waals surface area contributed by atoms with Crippen LogP contribution < -0.4 is 8.37 Å². The summed E-state index contributed by atoms with van der Waals surface area (Å²) in [5, 5.41) is 18.1. The quantitative estimate of drug-likeness (QED) is 0.0701. The van der Waals surface area contributed by atoms with Crippen LogP contribution in [0.4, 0.5) is 0 Å². The van der Waals surface area contributed by atoms with E-state index in [0.717, 1.165) is 5.56 Å². The first kappa shape index (κ1) is 39.2. The minimum atomic E-state index is -4.04. The highest BCUT2D eigenvalue weighted by molar-refractivity contribution is 7.87. The smallest absolute Gasteiger partial charge is 0.348 e. The molecule has 0 aliphatic heterocycles. The molecule has 4 rings (SSSR count). The number of hydrogen-bond donors (Lipinski definition) is 0. The number of carbonyl (C=O) groups is 2. The van der Waals surface area contributed by atoms with Gasteiger partial charge in [0.1, 0.15) is 44.6 Å². The third kappa shape index (κ3) is 12.0.